The largest absolute Gasteiger partial charge is 0.318 e. The van der Waals surface area contributed by atoms with Gasteiger partial charge < -0.3 is 9.88 Å². The van der Waals surface area contributed by atoms with Crippen LogP contribution in [0.2, 0.25) is 0 Å². The summed E-state index contributed by atoms with van der Waals surface area (Å²) in [7, 11) is 1.83. The Hall–Kier alpha value is -1.98. The number of nitrogens with zero attached hydrogens (tertiary/aromatic N) is 4. The lowest BCUT2D eigenvalue weighted by molar-refractivity contribution is -0.114. The third kappa shape index (κ3) is 2.33. The standard InChI is InChI=1S/C8H9N5O.C2H6/c1-5(14)12-7-6-8(10-3-9-7)13(2)4-11-6;1-2/h3-4H,1-2H3,(H,9,10,12,14);1-2H3. The van der Waals surface area contributed by atoms with E-state index in [0.717, 1.165) is 0 Å². The zero-order valence-corrected chi connectivity index (χ0v) is 9.85. The number of carbonyl (C=O) groups is 1. The molecular formula is C10H15N5O. The van der Waals surface area contributed by atoms with Gasteiger partial charge in [0.05, 0.1) is 6.33 Å². The van der Waals surface area contributed by atoms with Crippen molar-refractivity contribution < 1.29 is 4.79 Å². The monoisotopic (exact) mass is 221 g/mol. The second kappa shape index (κ2) is 5.20. The van der Waals surface area contributed by atoms with Crippen LogP contribution in [0.3, 0.4) is 0 Å². The van der Waals surface area contributed by atoms with Crippen LogP contribution in [0.15, 0.2) is 12.7 Å². The number of aryl methyl sites for hydroxylation is 1. The van der Waals surface area contributed by atoms with Gasteiger partial charge in [-0.1, -0.05) is 13.8 Å². The van der Waals surface area contributed by atoms with E-state index in [-0.39, 0.29) is 5.91 Å². The zero-order chi connectivity index (χ0) is 12.1. The van der Waals surface area contributed by atoms with Crippen molar-refractivity contribution in [2.45, 2.75) is 20.8 Å². The van der Waals surface area contributed by atoms with Crippen LogP contribution < -0.4 is 5.32 Å². The fourth-order valence-electron chi connectivity index (χ4n) is 1.20. The molecule has 16 heavy (non-hydrogen) atoms. The normalized spacial score (nSPS) is 9.50. The van der Waals surface area contributed by atoms with E-state index in [0.29, 0.717) is 17.0 Å². The number of carbonyl (C=O) groups excluding carboxylic acids is 1. The Morgan fingerprint density at radius 1 is 1.31 bits per heavy atom. The van der Waals surface area contributed by atoms with Crippen molar-refractivity contribution in [1.82, 2.24) is 19.5 Å². The second-order valence-electron chi connectivity index (χ2n) is 2.93. The molecule has 0 aliphatic rings. The molecule has 0 unspecified atom stereocenters. The van der Waals surface area contributed by atoms with E-state index >= 15 is 0 Å². The van der Waals surface area contributed by atoms with Crippen LogP contribution in [0.25, 0.3) is 11.2 Å². The van der Waals surface area contributed by atoms with Crippen LogP contribution in [0.5, 0.6) is 0 Å². The van der Waals surface area contributed by atoms with Gasteiger partial charge in [-0.2, -0.15) is 0 Å². The molecule has 0 saturated heterocycles. The predicted octanol–water partition coefficient (Wildman–Crippen LogP) is 1.35. The molecule has 1 N–H and O–H groups in total. The van der Waals surface area contributed by atoms with E-state index in [1.807, 2.05) is 20.9 Å². The highest BCUT2D eigenvalue weighted by molar-refractivity contribution is 5.95. The Morgan fingerprint density at radius 3 is 2.62 bits per heavy atom. The molecule has 0 bridgehead atoms. The molecule has 6 nitrogen and oxygen atoms in total. The van der Waals surface area contributed by atoms with Crippen LogP contribution >= 0.6 is 0 Å². The van der Waals surface area contributed by atoms with E-state index in [2.05, 4.69) is 20.3 Å². The van der Waals surface area contributed by atoms with Crippen molar-refractivity contribution in [2.24, 2.45) is 7.05 Å². The Kier molecular flexibility index (Phi) is 3.93. The molecule has 2 aromatic heterocycles. The van der Waals surface area contributed by atoms with E-state index < -0.39 is 0 Å². The van der Waals surface area contributed by atoms with Crippen molar-refractivity contribution in [3.05, 3.63) is 12.7 Å². The van der Waals surface area contributed by atoms with Gasteiger partial charge in [0.1, 0.15) is 6.33 Å². The quantitative estimate of drug-likeness (QED) is 0.788. The average molecular weight is 221 g/mol. The molecule has 0 atom stereocenters. The van der Waals surface area contributed by atoms with Crippen LogP contribution in [0.4, 0.5) is 5.82 Å². The van der Waals surface area contributed by atoms with Gasteiger partial charge in [0.15, 0.2) is 17.0 Å². The highest BCUT2D eigenvalue weighted by atomic mass is 16.1. The summed E-state index contributed by atoms with van der Waals surface area (Å²) in [4.78, 5) is 22.9. The van der Waals surface area contributed by atoms with Crippen molar-refractivity contribution in [3.8, 4) is 0 Å². The molecule has 0 spiro atoms. The zero-order valence-electron chi connectivity index (χ0n) is 9.85. The van der Waals surface area contributed by atoms with E-state index in [1.54, 1.807) is 10.9 Å². The van der Waals surface area contributed by atoms with E-state index in [9.17, 15) is 4.79 Å². The predicted molar refractivity (Wildman–Crippen MR) is 62.0 cm³/mol. The van der Waals surface area contributed by atoms with E-state index in [1.165, 1.54) is 13.3 Å². The first kappa shape index (κ1) is 12.1. The number of aromatic nitrogens is 4. The molecule has 86 valence electrons. The molecule has 6 heteroatoms. The Balaban J connectivity index is 0.000000606. The van der Waals surface area contributed by atoms with Gasteiger partial charge in [-0.25, -0.2) is 15.0 Å². The molecule has 0 saturated carbocycles. The first-order valence-corrected chi connectivity index (χ1v) is 5.08. The maximum atomic E-state index is 10.9. The number of nitrogens with one attached hydrogen (secondary N) is 1. The first-order valence-electron chi connectivity index (χ1n) is 5.08. The van der Waals surface area contributed by atoms with Crippen molar-refractivity contribution in [3.63, 3.8) is 0 Å². The molecule has 2 rings (SSSR count). The first-order chi connectivity index (χ1) is 7.68. The number of fused-ring (bicyclic) bond motifs is 1. The summed E-state index contributed by atoms with van der Waals surface area (Å²) in [5.74, 6) is 0.277. The minimum absolute atomic E-state index is 0.171. The van der Waals surface area contributed by atoms with Crippen LogP contribution in [0, 0.1) is 0 Å². The van der Waals surface area contributed by atoms with Gasteiger partial charge in [0.2, 0.25) is 5.91 Å². The lowest BCUT2D eigenvalue weighted by Gasteiger charge is -2.00. The van der Waals surface area contributed by atoms with Crippen molar-refractivity contribution in [2.75, 3.05) is 5.32 Å². The number of rotatable bonds is 1. The number of hydrogen-bond donors (Lipinski definition) is 1. The summed E-state index contributed by atoms with van der Waals surface area (Å²) in [6.07, 6.45) is 3.03. The Labute approximate surface area is 93.7 Å². The fourth-order valence-corrected chi connectivity index (χ4v) is 1.20. The van der Waals surface area contributed by atoms with Crippen LogP contribution in [0.1, 0.15) is 20.8 Å². The lowest BCUT2D eigenvalue weighted by atomic mass is 10.5. The maximum Gasteiger partial charge on any atom is 0.222 e. The minimum atomic E-state index is -0.171. The SMILES string of the molecule is CC.CC(=O)Nc1ncnc2c1ncn2C. The minimum Gasteiger partial charge on any atom is -0.318 e. The Bertz CT molecular complexity index is 491. The Morgan fingerprint density at radius 2 is 2.00 bits per heavy atom. The molecule has 0 radical (unpaired) electrons. The topological polar surface area (TPSA) is 72.7 Å². The summed E-state index contributed by atoms with van der Waals surface area (Å²) in [6.45, 7) is 5.43. The third-order valence-corrected chi connectivity index (χ3v) is 1.79. The van der Waals surface area contributed by atoms with Gasteiger partial charge in [-0.3, -0.25) is 4.79 Å². The highest BCUT2D eigenvalue weighted by Gasteiger charge is 2.08. The van der Waals surface area contributed by atoms with Crippen molar-refractivity contribution >= 4 is 22.9 Å². The summed E-state index contributed by atoms with van der Waals surface area (Å²) in [6, 6.07) is 0. The van der Waals surface area contributed by atoms with Gasteiger partial charge in [0, 0.05) is 14.0 Å². The molecule has 0 aromatic carbocycles. The van der Waals surface area contributed by atoms with Gasteiger partial charge >= 0.3 is 0 Å². The summed E-state index contributed by atoms with van der Waals surface area (Å²) in [5.41, 5.74) is 1.30. The number of amides is 1. The molecule has 0 aliphatic carbocycles. The van der Waals surface area contributed by atoms with Crippen molar-refractivity contribution in [1.29, 1.82) is 0 Å². The molecular weight excluding hydrogens is 206 g/mol. The number of hydrogen-bond acceptors (Lipinski definition) is 4. The number of anilines is 1. The average Bonchev–Trinajstić information content (AvgIpc) is 2.64. The van der Waals surface area contributed by atoms with E-state index in [4.69, 9.17) is 0 Å². The third-order valence-electron chi connectivity index (χ3n) is 1.79. The lowest BCUT2D eigenvalue weighted by Crippen LogP contribution is -2.08. The number of imidazole rings is 1. The summed E-state index contributed by atoms with van der Waals surface area (Å²) >= 11 is 0. The fraction of sp³-hybridized carbons (Fsp3) is 0.400. The molecule has 0 aliphatic heterocycles. The molecule has 2 heterocycles. The van der Waals surface area contributed by atoms with Gasteiger partial charge in [0.25, 0.3) is 0 Å². The molecule has 2 aromatic rings. The summed E-state index contributed by atoms with van der Waals surface area (Å²) in [5, 5.41) is 2.60. The second-order valence-corrected chi connectivity index (χ2v) is 2.93. The summed E-state index contributed by atoms with van der Waals surface area (Å²) < 4.78 is 1.77. The van der Waals surface area contributed by atoms with Gasteiger partial charge in [-0.15, -0.1) is 0 Å². The molecule has 0 fully saturated rings. The van der Waals surface area contributed by atoms with Crippen LogP contribution in [-0.2, 0) is 11.8 Å². The smallest absolute Gasteiger partial charge is 0.222 e. The van der Waals surface area contributed by atoms with Gasteiger partial charge in [-0.05, 0) is 0 Å². The highest BCUT2D eigenvalue weighted by Crippen LogP contribution is 2.15. The maximum absolute atomic E-state index is 10.9. The molecule has 1 amide bonds. The van der Waals surface area contributed by atoms with Crippen LogP contribution in [-0.4, -0.2) is 25.4 Å².